The molecule has 9 heteroatoms. The van der Waals surface area contributed by atoms with Crippen molar-refractivity contribution in [2.45, 2.75) is 0 Å². The van der Waals surface area contributed by atoms with Crippen LogP contribution in [-0.4, -0.2) is 56.8 Å². The first-order chi connectivity index (χ1) is 15.7. The minimum atomic E-state index is -0.617. The van der Waals surface area contributed by atoms with Crippen LogP contribution in [0.2, 0.25) is 0 Å². The van der Waals surface area contributed by atoms with Crippen LogP contribution in [0.1, 0.15) is 20.2 Å². The van der Waals surface area contributed by atoms with Crippen molar-refractivity contribution in [2.24, 2.45) is 0 Å². The molecule has 0 spiro atoms. The lowest BCUT2D eigenvalue weighted by atomic mass is 10.1. The number of hydrogen-bond donors (Lipinski definition) is 0. The summed E-state index contributed by atoms with van der Waals surface area (Å²) in [6, 6.07) is 11.5. The van der Waals surface area contributed by atoms with Gasteiger partial charge in [0.2, 0.25) is 10.8 Å². The lowest BCUT2D eigenvalue weighted by Crippen LogP contribution is -2.36. The lowest BCUT2D eigenvalue weighted by molar-refractivity contribution is 0.0475. The molecule has 2 aromatic heterocycles. The first-order valence-electron chi connectivity index (χ1n) is 10.1. The zero-order valence-electron chi connectivity index (χ0n) is 17.3. The molecule has 0 bridgehead atoms. The number of thiazole rings is 1. The molecular formula is C23H20N2O5S2. The number of thiophene rings is 1. The Balaban J connectivity index is 1.38. The summed E-state index contributed by atoms with van der Waals surface area (Å²) in [7, 11) is 1.57. The Morgan fingerprint density at radius 1 is 1.16 bits per heavy atom. The van der Waals surface area contributed by atoms with E-state index < -0.39 is 5.97 Å². The number of rotatable bonds is 6. The number of aromatic nitrogens is 1. The van der Waals surface area contributed by atoms with Crippen LogP contribution in [0.25, 0.3) is 20.3 Å². The summed E-state index contributed by atoms with van der Waals surface area (Å²) >= 11 is 2.75. The molecule has 0 unspecified atom stereocenters. The molecule has 0 N–H and O–H groups in total. The Hall–Kier alpha value is -3.01. The van der Waals surface area contributed by atoms with E-state index in [1.54, 1.807) is 12.5 Å². The highest BCUT2D eigenvalue weighted by Gasteiger charge is 2.23. The summed E-state index contributed by atoms with van der Waals surface area (Å²) in [5.41, 5.74) is 2.17. The van der Waals surface area contributed by atoms with E-state index in [0.29, 0.717) is 30.0 Å². The van der Waals surface area contributed by atoms with Crippen LogP contribution in [0.5, 0.6) is 5.75 Å². The number of fused-ring (bicyclic) bond motifs is 2. The number of carbonyl (C=O) groups excluding carboxylic acids is 2. The number of methoxy groups -OCH3 is 1. The fourth-order valence-corrected chi connectivity index (χ4v) is 5.72. The molecule has 3 heterocycles. The number of ether oxygens (including phenoxy) is 3. The van der Waals surface area contributed by atoms with E-state index in [4.69, 9.17) is 14.2 Å². The lowest BCUT2D eigenvalue weighted by Gasteiger charge is -2.29. The van der Waals surface area contributed by atoms with Crippen molar-refractivity contribution in [1.82, 2.24) is 4.98 Å². The van der Waals surface area contributed by atoms with Crippen molar-refractivity contribution in [2.75, 3.05) is 44.9 Å². The summed E-state index contributed by atoms with van der Waals surface area (Å²) in [5, 5.41) is 2.87. The fraction of sp³-hybridized carbons (Fsp3) is 0.261. The minimum absolute atomic E-state index is 0.196. The van der Waals surface area contributed by atoms with Gasteiger partial charge in [0.1, 0.15) is 11.3 Å². The molecule has 32 heavy (non-hydrogen) atoms. The van der Waals surface area contributed by atoms with Gasteiger partial charge in [0.15, 0.2) is 6.61 Å². The summed E-state index contributed by atoms with van der Waals surface area (Å²) in [4.78, 5) is 32.1. The van der Waals surface area contributed by atoms with Gasteiger partial charge in [-0.1, -0.05) is 18.2 Å². The smallest absolute Gasteiger partial charge is 0.367 e. The number of hydrogen-bond acceptors (Lipinski definition) is 9. The standard InChI is InChI=1S/C23H20N2O5S2/c1-28-18-7-6-16(25-8-10-29-11-9-25)21-20(18)24-22(32-21)23(27)30-12-17(26)15-13-31-19-5-3-2-4-14(15)19/h2-7,13H,8-12H2,1H3. The van der Waals surface area contributed by atoms with Gasteiger partial charge in [0.25, 0.3) is 0 Å². The van der Waals surface area contributed by atoms with Gasteiger partial charge in [-0.2, -0.15) is 0 Å². The first kappa shape index (κ1) is 20.9. The van der Waals surface area contributed by atoms with Gasteiger partial charge >= 0.3 is 5.97 Å². The topological polar surface area (TPSA) is 78.0 Å². The predicted molar refractivity (Wildman–Crippen MR) is 126 cm³/mol. The van der Waals surface area contributed by atoms with E-state index in [9.17, 15) is 9.59 Å². The van der Waals surface area contributed by atoms with Gasteiger partial charge in [0.05, 0.1) is 30.7 Å². The Kier molecular flexibility index (Phi) is 5.77. The zero-order valence-corrected chi connectivity index (χ0v) is 19.0. The highest BCUT2D eigenvalue weighted by atomic mass is 32.1. The molecule has 7 nitrogen and oxygen atoms in total. The van der Waals surface area contributed by atoms with Crippen molar-refractivity contribution in [3.05, 3.63) is 52.3 Å². The minimum Gasteiger partial charge on any atom is -0.494 e. The molecule has 0 saturated carbocycles. The third-order valence-electron chi connectivity index (χ3n) is 5.35. The summed E-state index contributed by atoms with van der Waals surface area (Å²) < 4.78 is 18.1. The Labute approximate surface area is 192 Å². The van der Waals surface area contributed by atoms with Crippen LogP contribution >= 0.6 is 22.7 Å². The van der Waals surface area contributed by atoms with Gasteiger partial charge in [-0.15, -0.1) is 22.7 Å². The van der Waals surface area contributed by atoms with E-state index in [-0.39, 0.29) is 17.4 Å². The molecule has 1 aliphatic heterocycles. The third-order valence-corrected chi connectivity index (χ3v) is 7.37. The largest absolute Gasteiger partial charge is 0.494 e. The van der Waals surface area contributed by atoms with Crippen LogP contribution < -0.4 is 9.64 Å². The molecule has 1 saturated heterocycles. The second-order valence-corrected chi connectivity index (χ2v) is 9.14. The van der Waals surface area contributed by atoms with Gasteiger partial charge in [-0.05, 0) is 18.2 Å². The zero-order chi connectivity index (χ0) is 22.1. The van der Waals surface area contributed by atoms with E-state index in [2.05, 4.69) is 9.88 Å². The summed E-state index contributed by atoms with van der Waals surface area (Å²) in [6.45, 7) is 2.51. The van der Waals surface area contributed by atoms with Gasteiger partial charge in [0, 0.05) is 34.1 Å². The molecule has 1 fully saturated rings. The molecule has 5 rings (SSSR count). The van der Waals surface area contributed by atoms with Gasteiger partial charge < -0.3 is 19.1 Å². The average molecular weight is 469 g/mol. The van der Waals surface area contributed by atoms with Crippen molar-refractivity contribution >= 4 is 60.4 Å². The normalized spacial score (nSPS) is 14.1. The third kappa shape index (κ3) is 3.83. The maximum atomic E-state index is 12.7. The van der Waals surface area contributed by atoms with Crippen LogP contribution in [0.4, 0.5) is 5.69 Å². The molecule has 4 aromatic rings. The average Bonchev–Trinajstić information content (AvgIpc) is 3.47. The molecule has 2 aromatic carbocycles. The molecular weight excluding hydrogens is 448 g/mol. The van der Waals surface area contributed by atoms with Crippen LogP contribution in [0, 0.1) is 0 Å². The molecule has 0 amide bonds. The second kappa shape index (κ2) is 8.85. The predicted octanol–water partition coefficient (Wildman–Crippen LogP) is 4.40. The van der Waals surface area contributed by atoms with Crippen molar-refractivity contribution in [1.29, 1.82) is 0 Å². The summed E-state index contributed by atoms with van der Waals surface area (Å²) in [5.74, 6) is -0.259. The Bertz CT molecular complexity index is 1310. The van der Waals surface area contributed by atoms with Crippen LogP contribution in [0.15, 0.2) is 41.8 Å². The molecule has 164 valence electrons. The van der Waals surface area contributed by atoms with Crippen LogP contribution in [-0.2, 0) is 9.47 Å². The van der Waals surface area contributed by atoms with E-state index >= 15 is 0 Å². The number of carbonyl (C=O) groups is 2. The number of nitrogens with zero attached hydrogens (tertiary/aromatic N) is 2. The summed E-state index contributed by atoms with van der Waals surface area (Å²) in [6.07, 6.45) is 0. The molecule has 0 aliphatic carbocycles. The molecule has 0 atom stereocenters. The van der Waals surface area contributed by atoms with Crippen molar-refractivity contribution < 1.29 is 23.8 Å². The monoisotopic (exact) mass is 468 g/mol. The van der Waals surface area contributed by atoms with E-state index in [0.717, 1.165) is 33.6 Å². The van der Waals surface area contributed by atoms with Crippen LogP contribution in [0.3, 0.4) is 0 Å². The van der Waals surface area contributed by atoms with Gasteiger partial charge in [-0.25, -0.2) is 9.78 Å². The highest BCUT2D eigenvalue weighted by Crippen LogP contribution is 2.38. The van der Waals surface area contributed by atoms with Crippen molar-refractivity contribution in [3.8, 4) is 5.75 Å². The maximum absolute atomic E-state index is 12.7. The fourth-order valence-electron chi connectivity index (χ4n) is 3.74. The van der Waals surface area contributed by atoms with Gasteiger partial charge in [-0.3, -0.25) is 4.79 Å². The number of anilines is 1. The number of morpholine rings is 1. The highest BCUT2D eigenvalue weighted by molar-refractivity contribution is 7.21. The van der Waals surface area contributed by atoms with Crippen molar-refractivity contribution in [3.63, 3.8) is 0 Å². The Morgan fingerprint density at radius 3 is 2.78 bits per heavy atom. The van der Waals surface area contributed by atoms with E-state index in [1.165, 1.54) is 22.7 Å². The van der Waals surface area contributed by atoms with E-state index in [1.807, 2.05) is 36.4 Å². The SMILES string of the molecule is COc1ccc(N2CCOCC2)c2sc(C(=O)OCC(=O)c3csc4ccccc34)nc12. The number of ketones is 1. The second-order valence-electron chi connectivity index (χ2n) is 7.23. The quantitative estimate of drug-likeness (QED) is 0.307. The number of benzene rings is 2. The first-order valence-corrected chi connectivity index (χ1v) is 11.8. The Morgan fingerprint density at radius 2 is 1.97 bits per heavy atom. The number of Topliss-reactive ketones (excluding diaryl/α,β-unsaturated/α-hetero) is 1. The molecule has 1 aliphatic rings. The number of esters is 1. The molecule has 0 radical (unpaired) electrons. The maximum Gasteiger partial charge on any atom is 0.367 e.